The number of benzene rings is 1. The third-order valence-corrected chi connectivity index (χ3v) is 3.84. The van der Waals surface area contributed by atoms with E-state index in [4.69, 9.17) is 9.84 Å². The first-order valence-electron chi connectivity index (χ1n) is 6.23. The quantitative estimate of drug-likeness (QED) is 0.889. The second-order valence-electron chi connectivity index (χ2n) is 4.21. The van der Waals surface area contributed by atoms with E-state index in [0.29, 0.717) is 29.7 Å². The molecule has 1 saturated heterocycles. The van der Waals surface area contributed by atoms with Gasteiger partial charge in [0, 0.05) is 17.5 Å². The Balaban J connectivity index is 2.04. The van der Waals surface area contributed by atoms with E-state index in [-0.39, 0.29) is 0 Å². The smallest absolute Gasteiger partial charge is 0.327 e. The molecule has 0 aromatic heterocycles. The highest BCUT2D eigenvalue weighted by Crippen LogP contribution is 2.23. The standard InChI is InChI=1S/C13H16N2O4S/c1-2-19-10-5-3-4-9(6-10)14-13(18)15-8-20-7-11(15)12(16)17/h3-6,11H,2,7-8H2,1H3,(H,14,18)(H,16,17)/t11-/m0/s1. The Hall–Kier alpha value is -1.89. The van der Waals surface area contributed by atoms with Crippen LogP contribution in [0.5, 0.6) is 5.75 Å². The molecule has 1 fully saturated rings. The van der Waals surface area contributed by atoms with Gasteiger partial charge in [-0.3, -0.25) is 0 Å². The van der Waals surface area contributed by atoms with Crippen molar-refractivity contribution < 1.29 is 19.4 Å². The normalized spacial score (nSPS) is 17.9. The maximum absolute atomic E-state index is 12.1. The molecule has 1 atom stereocenters. The molecule has 1 aliphatic heterocycles. The van der Waals surface area contributed by atoms with Crippen LogP contribution in [0.1, 0.15) is 6.92 Å². The lowest BCUT2D eigenvalue weighted by Gasteiger charge is -2.21. The van der Waals surface area contributed by atoms with Crippen molar-refractivity contribution in [2.75, 3.05) is 23.6 Å². The maximum atomic E-state index is 12.1. The minimum atomic E-state index is -0.979. The van der Waals surface area contributed by atoms with E-state index in [1.54, 1.807) is 24.3 Å². The lowest BCUT2D eigenvalue weighted by atomic mass is 10.3. The Morgan fingerprint density at radius 3 is 3.05 bits per heavy atom. The molecular formula is C13H16N2O4S. The van der Waals surface area contributed by atoms with Crippen LogP contribution < -0.4 is 10.1 Å². The number of carbonyl (C=O) groups is 2. The second-order valence-corrected chi connectivity index (χ2v) is 5.21. The molecule has 2 N–H and O–H groups in total. The van der Waals surface area contributed by atoms with Crippen LogP contribution in [0.2, 0.25) is 0 Å². The average Bonchev–Trinajstić information content (AvgIpc) is 2.89. The Kier molecular flexibility index (Phi) is 4.73. The summed E-state index contributed by atoms with van der Waals surface area (Å²) in [7, 11) is 0. The molecule has 0 unspecified atom stereocenters. The van der Waals surface area contributed by atoms with Crippen LogP contribution in [-0.4, -0.2) is 46.3 Å². The molecule has 108 valence electrons. The monoisotopic (exact) mass is 296 g/mol. The van der Waals surface area contributed by atoms with Crippen LogP contribution in [0.4, 0.5) is 10.5 Å². The molecule has 1 aliphatic rings. The first-order valence-corrected chi connectivity index (χ1v) is 7.38. The molecule has 0 radical (unpaired) electrons. The van der Waals surface area contributed by atoms with Crippen LogP contribution in [0.25, 0.3) is 0 Å². The van der Waals surface area contributed by atoms with Gasteiger partial charge < -0.3 is 20.1 Å². The zero-order valence-corrected chi connectivity index (χ0v) is 11.9. The van der Waals surface area contributed by atoms with Crippen molar-refractivity contribution >= 4 is 29.4 Å². The maximum Gasteiger partial charge on any atom is 0.327 e. The first-order chi connectivity index (χ1) is 9.61. The van der Waals surface area contributed by atoms with Crippen LogP contribution in [0.15, 0.2) is 24.3 Å². The third-order valence-electron chi connectivity index (χ3n) is 2.82. The molecule has 0 saturated carbocycles. The van der Waals surface area contributed by atoms with Crippen molar-refractivity contribution in [1.29, 1.82) is 0 Å². The molecule has 0 bridgehead atoms. The number of ether oxygens (including phenoxy) is 1. The Labute approximate surface area is 121 Å². The van der Waals surface area contributed by atoms with Gasteiger partial charge in [-0.25, -0.2) is 9.59 Å². The number of aliphatic carboxylic acids is 1. The second kappa shape index (κ2) is 6.51. The fraction of sp³-hybridized carbons (Fsp3) is 0.385. The number of nitrogens with one attached hydrogen (secondary N) is 1. The fourth-order valence-corrected chi connectivity index (χ4v) is 3.02. The Bertz CT molecular complexity index is 509. The van der Waals surface area contributed by atoms with Crippen LogP contribution in [0, 0.1) is 0 Å². The number of rotatable bonds is 4. The van der Waals surface area contributed by atoms with E-state index >= 15 is 0 Å². The number of amides is 2. The van der Waals surface area contributed by atoms with E-state index in [2.05, 4.69) is 5.32 Å². The number of carboxylic acid groups (broad SMARTS) is 1. The summed E-state index contributed by atoms with van der Waals surface area (Å²) in [6.07, 6.45) is 0. The lowest BCUT2D eigenvalue weighted by Crippen LogP contribution is -2.43. The minimum Gasteiger partial charge on any atom is -0.494 e. The first kappa shape index (κ1) is 14.5. The summed E-state index contributed by atoms with van der Waals surface area (Å²) in [5.41, 5.74) is 0.585. The Morgan fingerprint density at radius 1 is 1.55 bits per heavy atom. The van der Waals surface area contributed by atoms with Gasteiger partial charge in [-0.05, 0) is 19.1 Å². The minimum absolute atomic E-state index is 0.383. The predicted octanol–water partition coefficient (Wildman–Crippen LogP) is 2.08. The lowest BCUT2D eigenvalue weighted by molar-refractivity contribution is -0.140. The summed E-state index contributed by atoms with van der Waals surface area (Å²) < 4.78 is 5.35. The van der Waals surface area contributed by atoms with E-state index < -0.39 is 18.0 Å². The van der Waals surface area contributed by atoms with E-state index in [9.17, 15) is 9.59 Å². The van der Waals surface area contributed by atoms with Gasteiger partial charge in [-0.2, -0.15) is 0 Å². The molecule has 2 rings (SSSR count). The molecule has 0 aliphatic carbocycles. The highest BCUT2D eigenvalue weighted by Gasteiger charge is 2.34. The number of anilines is 1. The number of carbonyl (C=O) groups excluding carboxylic acids is 1. The van der Waals surface area contributed by atoms with E-state index in [1.165, 1.54) is 16.7 Å². The van der Waals surface area contributed by atoms with Gasteiger partial charge >= 0.3 is 12.0 Å². The van der Waals surface area contributed by atoms with E-state index in [0.717, 1.165) is 0 Å². The molecule has 0 spiro atoms. The van der Waals surface area contributed by atoms with Crippen molar-refractivity contribution in [3.05, 3.63) is 24.3 Å². The number of hydrogen-bond acceptors (Lipinski definition) is 4. The van der Waals surface area contributed by atoms with Gasteiger partial charge in [0.25, 0.3) is 0 Å². The SMILES string of the molecule is CCOc1cccc(NC(=O)N2CSC[C@H]2C(=O)O)c1. The van der Waals surface area contributed by atoms with Crippen LogP contribution in [-0.2, 0) is 4.79 Å². The largest absolute Gasteiger partial charge is 0.494 e. The summed E-state index contributed by atoms with van der Waals surface area (Å²) in [5, 5.41) is 11.8. The number of urea groups is 1. The topological polar surface area (TPSA) is 78.9 Å². The molecule has 6 nitrogen and oxygen atoms in total. The molecule has 2 amide bonds. The molecule has 7 heteroatoms. The molecule has 1 aromatic rings. The summed E-state index contributed by atoms with van der Waals surface area (Å²) >= 11 is 1.43. The summed E-state index contributed by atoms with van der Waals surface area (Å²) in [4.78, 5) is 24.5. The number of nitrogens with zero attached hydrogens (tertiary/aromatic N) is 1. The summed E-state index contributed by atoms with van der Waals surface area (Å²) in [6.45, 7) is 2.42. The third kappa shape index (κ3) is 3.36. The van der Waals surface area contributed by atoms with Crippen molar-refractivity contribution in [3.63, 3.8) is 0 Å². The van der Waals surface area contributed by atoms with Gasteiger partial charge in [-0.15, -0.1) is 11.8 Å². The fourth-order valence-electron chi connectivity index (χ4n) is 1.87. The van der Waals surface area contributed by atoms with E-state index in [1.807, 2.05) is 6.92 Å². The van der Waals surface area contributed by atoms with Crippen LogP contribution >= 0.6 is 11.8 Å². The van der Waals surface area contributed by atoms with Gasteiger partial charge in [0.15, 0.2) is 0 Å². The van der Waals surface area contributed by atoms with Crippen molar-refractivity contribution in [3.8, 4) is 5.75 Å². The Morgan fingerprint density at radius 2 is 2.35 bits per heavy atom. The van der Waals surface area contributed by atoms with Gasteiger partial charge in [-0.1, -0.05) is 6.07 Å². The van der Waals surface area contributed by atoms with Gasteiger partial charge in [0.1, 0.15) is 11.8 Å². The summed E-state index contributed by atoms with van der Waals surface area (Å²) in [6, 6.07) is 5.84. The number of carboxylic acids is 1. The van der Waals surface area contributed by atoms with Gasteiger partial charge in [0.2, 0.25) is 0 Å². The number of hydrogen-bond donors (Lipinski definition) is 2. The van der Waals surface area contributed by atoms with Crippen molar-refractivity contribution in [2.45, 2.75) is 13.0 Å². The molecule has 1 aromatic carbocycles. The predicted molar refractivity (Wildman–Crippen MR) is 77.2 cm³/mol. The van der Waals surface area contributed by atoms with Crippen LogP contribution in [0.3, 0.4) is 0 Å². The molecule has 1 heterocycles. The average molecular weight is 296 g/mol. The van der Waals surface area contributed by atoms with Gasteiger partial charge in [0.05, 0.1) is 12.5 Å². The zero-order chi connectivity index (χ0) is 14.5. The molecule has 20 heavy (non-hydrogen) atoms. The van der Waals surface area contributed by atoms with Crippen molar-refractivity contribution in [2.24, 2.45) is 0 Å². The molecular weight excluding hydrogens is 280 g/mol. The summed E-state index contributed by atoms with van der Waals surface area (Å²) in [5.74, 6) is 0.486. The number of thioether (sulfide) groups is 1. The highest BCUT2D eigenvalue weighted by molar-refractivity contribution is 7.99. The zero-order valence-electron chi connectivity index (χ0n) is 11.0. The van der Waals surface area contributed by atoms with Crippen molar-refractivity contribution in [1.82, 2.24) is 4.90 Å². The highest BCUT2D eigenvalue weighted by atomic mass is 32.2.